The van der Waals surface area contributed by atoms with E-state index in [0.29, 0.717) is 32.2 Å². The highest BCUT2D eigenvalue weighted by atomic mass is 32.1. The van der Waals surface area contributed by atoms with Crippen molar-refractivity contribution in [3.63, 3.8) is 0 Å². The summed E-state index contributed by atoms with van der Waals surface area (Å²) in [5.74, 6) is -1.08. The van der Waals surface area contributed by atoms with Crippen LogP contribution in [-0.2, 0) is 19.1 Å². The first-order chi connectivity index (χ1) is 19.2. The van der Waals surface area contributed by atoms with Crippen molar-refractivity contribution in [1.82, 2.24) is 10.6 Å². The standard InChI is InChI=1S/C32H41N3O5.2H2S/c1-20(2)17-22(30(33)37)18-29(36)28(35-31(38)21-14-15-21)13-7-8-16-34-32(39)40-19-27-25-11-5-3-9-23(25)24-10-4-6-12-26(24)27;;/h3-6,9-12,20-22,27-28H,7-8,13-19H2,1-2H3,(H2,33,37)(H,34,39)(H,35,38);2*1H2/t22-,28+;;/m1../s1. The van der Waals surface area contributed by atoms with Gasteiger partial charge in [-0.05, 0) is 66.7 Å². The molecule has 2 atom stereocenters. The highest BCUT2D eigenvalue weighted by Gasteiger charge is 2.33. The van der Waals surface area contributed by atoms with E-state index in [-0.39, 0.29) is 69.5 Å². The first-order valence-corrected chi connectivity index (χ1v) is 14.5. The predicted molar refractivity (Wildman–Crippen MR) is 174 cm³/mol. The van der Waals surface area contributed by atoms with Gasteiger partial charge in [0.05, 0.1) is 6.04 Å². The number of carbonyl (C=O) groups is 4. The third-order valence-corrected chi connectivity index (χ3v) is 7.79. The molecule has 2 aliphatic carbocycles. The van der Waals surface area contributed by atoms with Crippen LogP contribution in [0, 0.1) is 17.8 Å². The molecule has 0 aromatic heterocycles. The van der Waals surface area contributed by atoms with Crippen molar-refractivity contribution in [2.45, 2.75) is 70.8 Å². The van der Waals surface area contributed by atoms with E-state index in [1.807, 2.05) is 38.1 Å². The van der Waals surface area contributed by atoms with Gasteiger partial charge < -0.3 is 21.1 Å². The molecule has 2 aromatic carbocycles. The van der Waals surface area contributed by atoms with Crippen molar-refractivity contribution in [3.05, 3.63) is 59.7 Å². The van der Waals surface area contributed by atoms with E-state index >= 15 is 0 Å². The largest absolute Gasteiger partial charge is 0.449 e. The van der Waals surface area contributed by atoms with Crippen LogP contribution < -0.4 is 16.4 Å². The van der Waals surface area contributed by atoms with Crippen molar-refractivity contribution in [2.24, 2.45) is 23.5 Å². The molecule has 0 radical (unpaired) electrons. The fourth-order valence-electron chi connectivity index (χ4n) is 5.52. The number of ketones is 1. The number of hydrogen-bond donors (Lipinski definition) is 3. The van der Waals surface area contributed by atoms with E-state index < -0.39 is 24.0 Å². The number of ether oxygens (including phenoxy) is 1. The lowest BCUT2D eigenvalue weighted by atomic mass is 9.89. The lowest BCUT2D eigenvalue weighted by Gasteiger charge is -2.21. The first kappa shape index (κ1) is 35.2. The van der Waals surface area contributed by atoms with Gasteiger partial charge in [-0.3, -0.25) is 14.4 Å². The minimum atomic E-state index is -0.656. The lowest BCUT2D eigenvalue weighted by Crippen LogP contribution is -2.43. The summed E-state index contributed by atoms with van der Waals surface area (Å²) in [5, 5.41) is 5.69. The second-order valence-corrected chi connectivity index (χ2v) is 11.5. The molecule has 0 saturated heterocycles. The minimum Gasteiger partial charge on any atom is -0.449 e. The average molecular weight is 616 g/mol. The molecule has 0 heterocycles. The summed E-state index contributed by atoms with van der Waals surface area (Å²) in [7, 11) is 0. The Morgan fingerprint density at radius 1 is 0.929 bits per heavy atom. The number of amides is 3. The molecule has 0 unspecified atom stereocenters. The van der Waals surface area contributed by atoms with E-state index in [2.05, 4.69) is 34.9 Å². The van der Waals surface area contributed by atoms with Gasteiger partial charge in [0.1, 0.15) is 6.61 Å². The van der Waals surface area contributed by atoms with Crippen LogP contribution >= 0.6 is 27.0 Å². The maximum atomic E-state index is 13.1. The Bertz CT molecular complexity index is 1190. The molecule has 1 saturated carbocycles. The van der Waals surface area contributed by atoms with Crippen LogP contribution in [0.2, 0.25) is 0 Å². The van der Waals surface area contributed by atoms with Gasteiger partial charge in [-0.15, -0.1) is 0 Å². The van der Waals surface area contributed by atoms with Crippen LogP contribution in [0.1, 0.15) is 75.8 Å². The number of fused-ring (bicyclic) bond motifs is 3. The van der Waals surface area contributed by atoms with Crippen molar-refractivity contribution in [2.75, 3.05) is 13.2 Å². The van der Waals surface area contributed by atoms with Crippen LogP contribution in [0.25, 0.3) is 11.1 Å². The first-order valence-electron chi connectivity index (χ1n) is 14.5. The quantitative estimate of drug-likeness (QED) is 0.245. The Hall–Kier alpha value is -2.98. The Morgan fingerprint density at radius 2 is 1.52 bits per heavy atom. The average Bonchev–Trinajstić information content (AvgIpc) is 3.73. The molecule has 2 aliphatic rings. The topological polar surface area (TPSA) is 128 Å². The van der Waals surface area contributed by atoms with E-state index in [4.69, 9.17) is 10.5 Å². The third-order valence-electron chi connectivity index (χ3n) is 7.79. The van der Waals surface area contributed by atoms with Crippen molar-refractivity contribution < 1.29 is 23.9 Å². The Balaban J connectivity index is 0.00000308. The lowest BCUT2D eigenvalue weighted by molar-refractivity contribution is -0.131. The van der Waals surface area contributed by atoms with Gasteiger partial charge in [-0.2, -0.15) is 27.0 Å². The normalized spacial score (nSPS) is 14.8. The number of primary amides is 1. The number of unbranched alkanes of at least 4 members (excludes halogenated alkanes) is 1. The van der Waals surface area contributed by atoms with E-state index in [1.165, 1.54) is 11.1 Å². The molecular weight excluding hydrogens is 571 g/mol. The second-order valence-electron chi connectivity index (χ2n) is 11.5. The van der Waals surface area contributed by atoms with E-state index in [1.54, 1.807) is 0 Å². The van der Waals surface area contributed by atoms with Crippen molar-refractivity contribution in [1.29, 1.82) is 0 Å². The van der Waals surface area contributed by atoms with Gasteiger partial charge in [-0.25, -0.2) is 4.79 Å². The van der Waals surface area contributed by atoms with Gasteiger partial charge in [-0.1, -0.05) is 62.4 Å². The molecule has 1 fully saturated rings. The summed E-state index contributed by atoms with van der Waals surface area (Å²) >= 11 is 0. The number of rotatable bonds is 15. The van der Waals surface area contributed by atoms with Gasteiger partial charge in [0, 0.05) is 30.7 Å². The Labute approximate surface area is 262 Å². The Kier molecular flexibility index (Phi) is 13.9. The summed E-state index contributed by atoms with van der Waals surface area (Å²) in [5.41, 5.74) is 10.2. The SMILES string of the molecule is CC(C)C[C@H](CC(=O)[C@H](CCCCNC(=O)OCC1c2ccccc2-c2ccccc21)NC(=O)C1CC1)C(N)=O.S.S. The molecule has 4 N–H and O–H groups in total. The molecule has 230 valence electrons. The minimum absolute atomic E-state index is 0. The smallest absolute Gasteiger partial charge is 0.407 e. The predicted octanol–water partition coefficient (Wildman–Crippen LogP) is 4.92. The molecule has 3 amide bonds. The maximum Gasteiger partial charge on any atom is 0.407 e. The zero-order valence-corrected chi connectivity index (χ0v) is 26.5. The summed E-state index contributed by atoms with van der Waals surface area (Å²) in [4.78, 5) is 49.8. The number of alkyl carbamates (subject to hydrolysis) is 1. The number of Topliss-reactive ketones (excluding diaryl/α,β-unsaturated/α-hetero) is 1. The van der Waals surface area contributed by atoms with Crippen LogP contribution in [0.15, 0.2) is 48.5 Å². The van der Waals surface area contributed by atoms with Crippen LogP contribution in [-0.4, -0.2) is 42.9 Å². The molecule has 42 heavy (non-hydrogen) atoms. The molecular formula is C32H45N3O5S2. The fourth-order valence-corrected chi connectivity index (χ4v) is 5.52. The van der Waals surface area contributed by atoms with Crippen molar-refractivity contribution >= 4 is 50.7 Å². The summed E-state index contributed by atoms with van der Waals surface area (Å²) in [6.07, 6.45) is 3.46. The summed E-state index contributed by atoms with van der Waals surface area (Å²) in [6.45, 7) is 4.61. The third kappa shape index (κ3) is 9.52. The monoisotopic (exact) mass is 615 g/mol. The van der Waals surface area contributed by atoms with E-state index in [0.717, 1.165) is 24.0 Å². The van der Waals surface area contributed by atoms with Gasteiger partial charge in [0.15, 0.2) is 5.78 Å². The summed E-state index contributed by atoms with van der Waals surface area (Å²) in [6, 6.07) is 15.7. The maximum absolute atomic E-state index is 13.1. The second kappa shape index (κ2) is 16.6. The highest BCUT2D eigenvalue weighted by Crippen LogP contribution is 2.44. The molecule has 2 aromatic rings. The summed E-state index contributed by atoms with van der Waals surface area (Å²) < 4.78 is 5.58. The Morgan fingerprint density at radius 3 is 2.07 bits per heavy atom. The van der Waals surface area contributed by atoms with Crippen LogP contribution in [0.4, 0.5) is 4.79 Å². The molecule has 0 bridgehead atoms. The van der Waals surface area contributed by atoms with Gasteiger partial charge in [0.2, 0.25) is 11.8 Å². The number of nitrogens with one attached hydrogen (secondary N) is 2. The van der Waals surface area contributed by atoms with Gasteiger partial charge >= 0.3 is 6.09 Å². The fraction of sp³-hybridized carbons (Fsp3) is 0.500. The number of hydrogen-bond acceptors (Lipinski definition) is 5. The zero-order chi connectivity index (χ0) is 28.6. The molecule has 0 spiro atoms. The molecule has 10 heteroatoms. The van der Waals surface area contributed by atoms with Crippen molar-refractivity contribution in [3.8, 4) is 11.1 Å². The number of benzene rings is 2. The zero-order valence-electron chi connectivity index (χ0n) is 24.5. The molecule has 8 nitrogen and oxygen atoms in total. The van der Waals surface area contributed by atoms with Crippen LogP contribution in [0.5, 0.6) is 0 Å². The van der Waals surface area contributed by atoms with Crippen LogP contribution in [0.3, 0.4) is 0 Å². The molecule has 4 rings (SSSR count). The highest BCUT2D eigenvalue weighted by molar-refractivity contribution is 7.59. The van der Waals surface area contributed by atoms with Gasteiger partial charge in [0.25, 0.3) is 0 Å². The number of carbonyl (C=O) groups excluding carboxylic acids is 4. The van der Waals surface area contributed by atoms with E-state index in [9.17, 15) is 19.2 Å². The number of nitrogens with two attached hydrogens (primary N) is 1. The molecule has 0 aliphatic heterocycles.